The summed E-state index contributed by atoms with van der Waals surface area (Å²) in [6, 6.07) is 5.28. The van der Waals surface area contributed by atoms with Crippen LogP contribution in [0.2, 0.25) is 0 Å². The van der Waals surface area contributed by atoms with E-state index in [1.165, 1.54) is 0 Å². The lowest BCUT2D eigenvalue weighted by molar-refractivity contribution is -0.122. The van der Waals surface area contributed by atoms with E-state index in [0.29, 0.717) is 34.9 Å². The average molecular weight is 325 g/mol. The minimum absolute atomic E-state index is 0.0841. The zero-order valence-electron chi connectivity index (χ0n) is 12.9. The summed E-state index contributed by atoms with van der Waals surface area (Å²) in [6.07, 6.45) is 3.39. The number of hydrogen-bond donors (Lipinski definition) is 2. The molecule has 4 rings (SSSR count). The van der Waals surface area contributed by atoms with Crippen molar-refractivity contribution in [3.05, 3.63) is 36.5 Å². The molecule has 0 radical (unpaired) electrons. The SMILES string of the molecule is Cc1nc2cc(NC(=O)[C@H]3CC(=O)N(c4cn[nH]c4)C3)ccc2o1. The van der Waals surface area contributed by atoms with E-state index >= 15 is 0 Å². The summed E-state index contributed by atoms with van der Waals surface area (Å²) in [5.74, 6) is -0.0965. The Morgan fingerprint density at radius 2 is 2.33 bits per heavy atom. The predicted molar refractivity (Wildman–Crippen MR) is 86.4 cm³/mol. The minimum Gasteiger partial charge on any atom is -0.441 e. The third-order valence-corrected chi connectivity index (χ3v) is 4.05. The molecule has 1 aliphatic rings. The Labute approximate surface area is 136 Å². The van der Waals surface area contributed by atoms with E-state index in [1.807, 2.05) is 0 Å². The first-order valence-corrected chi connectivity index (χ1v) is 7.57. The molecule has 1 saturated heterocycles. The molecule has 24 heavy (non-hydrogen) atoms. The number of fused-ring (bicyclic) bond motifs is 1. The smallest absolute Gasteiger partial charge is 0.229 e. The molecule has 0 bridgehead atoms. The number of carbonyl (C=O) groups excluding carboxylic acids is 2. The van der Waals surface area contributed by atoms with Gasteiger partial charge in [-0.25, -0.2) is 4.98 Å². The molecule has 0 spiro atoms. The highest BCUT2D eigenvalue weighted by molar-refractivity contribution is 6.03. The van der Waals surface area contributed by atoms with Crippen LogP contribution in [0.15, 0.2) is 35.0 Å². The van der Waals surface area contributed by atoms with Crippen LogP contribution in [0.5, 0.6) is 0 Å². The highest BCUT2D eigenvalue weighted by atomic mass is 16.3. The highest BCUT2D eigenvalue weighted by Crippen LogP contribution is 2.26. The first-order valence-electron chi connectivity index (χ1n) is 7.57. The average Bonchev–Trinajstić information content (AvgIpc) is 3.25. The lowest BCUT2D eigenvalue weighted by atomic mass is 10.1. The van der Waals surface area contributed by atoms with Crippen molar-refractivity contribution in [1.82, 2.24) is 15.2 Å². The Morgan fingerprint density at radius 1 is 1.46 bits per heavy atom. The molecule has 1 aliphatic heterocycles. The lowest BCUT2D eigenvalue weighted by Gasteiger charge is -2.14. The van der Waals surface area contributed by atoms with Crippen LogP contribution in [-0.4, -0.2) is 33.5 Å². The zero-order valence-corrected chi connectivity index (χ0v) is 12.9. The Morgan fingerprint density at radius 3 is 3.12 bits per heavy atom. The summed E-state index contributed by atoms with van der Waals surface area (Å²) in [5, 5.41) is 9.35. The number of oxazole rings is 1. The van der Waals surface area contributed by atoms with Crippen molar-refractivity contribution in [2.45, 2.75) is 13.3 Å². The van der Waals surface area contributed by atoms with Gasteiger partial charge >= 0.3 is 0 Å². The number of nitrogens with one attached hydrogen (secondary N) is 2. The summed E-state index contributed by atoms with van der Waals surface area (Å²) >= 11 is 0. The fourth-order valence-corrected chi connectivity index (χ4v) is 2.89. The maximum atomic E-state index is 12.5. The van der Waals surface area contributed by atoms with Crippen molar-refractivity contribution in [2.75, 3.05) is 16.8 Å². The number of aromatic amines is 1. The molecule has 2 amide bonds. The van der Waals surface area contributed by atoms with Gasteiger partial charge in [-0.3, -0.25) is 14.7 Å². The van der Waals surface area contributed by atoms with E-state index in [9.17, 15) is 9.59 Å². The van der Waals surface area contributed by atoms with Crippen LogP contribution < -0.4 is 10.2 Å². The number of amides is 2. The molecule has 8 nitrogen and oxygen atoms in total. The molecule has 1 atom stereocenters. The largest absolute Gasteiger partial charge is 0.441 e. The summed E-state index contributed by atoms with van der Waals surface area (Å²) in [6.45, 7) is 2.11. The third-order valence-electron chi connectivity index (χ3n) is 4.05. The number of benzene rings is 1. The maximum absolute atomic E-state index is 12.5. The van der Waals surface area contributed by atoms with Crippen LogP contribution >= 0.6 is 0 Å². The van der Waals surface area contributed by atoms with Gasteiger partial charge in [-0.1, -0.05) is 0 Å². The van der Waals surface area contributed by atoms with Gasteiger partial charge in [-0.05, 0) is 18.2 Å². The van der Waals surface area contributed by atoms with E-state index < -0.39 is 5.92 Å². The van der Waals surface area contributed by atoms with Crippen molar-refractivity contribution in [1.29, 1.82) is 0 Å². The van der Waals surface area contributed by atoms with Gasteiger partial charge in [0.1, 0.15) is 5.52 Å². The molecule has 2 aromatic heterocycles. The Bertz CT molecular complexity index is 915. The van der Waals surface area contributed by atoms with E-state index in [-0.39, 0.29) is 18.2 Å². The van der Waals surface area contributed by atoms with Gasteiger partial charge in [0.15, 0.2) is 11.5 Å². The quantitative estimate of drug-likeness (QED) is 0.765. The lowest BCUT2D eigenvalue weighted by Crippen LogP contribution is -2.27. The predicted octanol–water partition coefficient (Wildman–Crippen LogP) is 1.85. The molecule has 0 unspecified atom stereocenters. The number of aromatic nitrogens is 3. The first kappa shape index (κ1) is 14.4. The number of anilines is 2. The van der Waals surface area contributed by atoms with E-state index in [0.717, 1.165) is 0 Å². The van der Waals surface area contributed by atoms with Gasteiger partial charge in [0.25, 0.3) is 0 Å². The van der Waals surface area contributed by atoms with Crippen molar-refractivity contribution < 1.29 is 14.0 Å². The summed E-state index contributed by atoms with van der Waals surface area (Å²) in [7, 11) is 0. The van der Waals surface area contributed by atoms with Gasteiger partial charge in [-0.2, -0.15) is 5.10 Å². The van der Waals surface area contributed by atoms with Gasteiger partial charge in [0, 0.05) is 31.8 Å². The Balaban J connectivity index is 1.48. The molecule has 0 saturated carbocycles. The second-order valence-corrected chi connectivity index (χ2v) is 5.77. The minimum atomic E-state index is -0.401. The molecule has 3 heterocycles. The molecule has 122 valence electrons. The van der Waals surface area contributed by atoms with Gasteiger partial charge in [-0.15, -0.1) is 0 Å². The molecule has 1 fully saturated rings. The second kappa shape index (κ2) is 5.48. The topological polar surface area (TPSA) is 104 Å². The number of carbonyl (C=O) groups is 2. The standard InChI is InChI=1S/C16H15N5O3/c1-9-19-13-5-11(2-3-14(13)24-9)20-16(23)10-4-15(22)21(8-10)12-6-17-18-7-12/h2-3,5-7,10H,4,8H2,1H3,(H,17,18)(H,20,23)/t10-/m0/s1. The molecule has 1 aromatic carbocycles. The van der Waals surface area contributed by atoms with E-state index in [2.05, 4.69) is 20.5 Å². The van der Waals surface area contributed by atoms with Crippen LogP contribution in [-0.2, 0) is 9.59 Å². The number of nitrogens with zero attached hydrogens (tertiary/aromatic N) is 3. The molecule has 2 N–H and O–H groups in total. The molecule has 8 heteroatoms. The van der Waals surface area contributed by atoms with Crippen LogP contribution in [0.3, 0.4) is 0 Å². The van der Waals surface area contributed by atoms with Gasteiger partial charge in [0.2, 0.25) is 11.8 Å². The first-order chi connectivity index (χ1) is 11.6. The Kier molecular flexibility index (Phi) is 3.30. The second-order valence-electron chi connectivity index (χ2n) is 5.77. The molecular weight excluding hydrogens is 310 g/mol. The number of hydrogen-bond acceptors (Lipinski definition) is 5. The fraction of sp³-hybridized carbons (Fsp3) is 0.250. The maximum Gasteiger partial charge on any atom is 0.229 e. The molecule has 3 aromatic rings. The normalized spacial score (nSPS) is 17.6. The van der Waals surface area contributed by atoms with Gasteiger partial charge in [0.05, 0.1) is 17.8 Å². The van der Waals surface area contributed by atoms with Crippen molar-refractivity contribution in [3.63, 3.8) is 0 Å². The van der Waals surface area contributed by atoms with Crippen molar-refractivity contribution in [3.8, 4) is 0 Å². The number of H-pyrrole nitrogens is 1. The monoisotopic (exact) mass is 325 g/mol. The van der Waals surface area contributed by atoms with Crippen LogP contribution in [0.4, 0.5) is 11.4 Å². The Hall–Kier alpha value is -3.16. The van der Waals surface area contributed by atoms with Gasteiger partial charge < -0.3 is 14.6 Å². The fourth-order valence-electron chi connectivity index (χ4n) is 2.89. The summed E-state index contributed by atoms with van der Waals surface area (Å²) in [4.78, 5) is 30.4. The third kappa shape index (κ3) is 2.51. The van der Waals surface area contributed by atoms with E-state index in [1.54, 1.807) is 42.4 Å². The summed E-state index contributed by atoms with van der Waals surface area (Å²) < 4.78 is 5.41. The summed E-state index contributed by atoms with van der Waals surface area (Å²) in [5.41, 5.74) is 2.67. The van der Waals surface area contributed by atoms with Crippen LogP contribution in [0.25, 0.3) is 11.1 Å². The van der Waals surface area contributed by atoms with Crippen molar-refractivity contribution >= 4 is 34.3 Å². The van der Waals surface area contributed by atoms with Crippen LogP contribution in [0, 0.1) is 12.8 Å². The number of aryl methyl sites for hydroxylation is 1. The zero-order chi connectivity index (χ0) is 16.7. The van der Waals surface area contributed by atoms with Crippen molar-refractivity contribution in [2.24, 2.45) is 5.92 Å². The molecular formula is C16H15N5O3. The molecule has 0 aliphatic carbocycles. The van der Waals surface area contributed by atoms with E-state index in [4.69, 9.17) is 4.42 Å². The number of rotatable bonds is 3. The highest BCUT2D eigenvalue weighted by Gasteiger charge is 2.35. The van der Waals surface area contributed by atoms with Crippen LogP contribution in [0.1, 0.15) is 12.3 Å².